The highest BCUT2D eigenvalue weighted by atomic mass is 79.9. The molecule has 2 nitrogen and oxygen atoms in total. The molecular weight excluding hydrogens is 328 g/mol. The molecule has 0 aliphatic heterocycles. The second kappa shape index (κ2) is 5.05. The zero-order valence-electron chi connectivity index (χ0n) is 10.5. The van der Waals surface area contributed by atoms with Crippen molar-refractivity contribution >= 4 is 21.6 Å². The third-order valence-electron chi connectivity index (χ3n) is 3.59. The summed E-state index contributed by atoms with van der Waals surface area (Å²) in [7, 11) is 0. The number of halogens is 3. The van der Waals surface area contributed by atoms with Gasteiger partial charge in [-0.05, 0) is 52.0 Å². The number of nitrogens with one attached hydrogen (secondary N) is 1. The summed E-state index contributed by atoms with van der Waals surface area (Å²) < 4.78 is 27.4. The van der Waals surface area contributed by atoms with Crippen LogP contribution in [0.15, 0.2) is 34.8 Å². The normalized spacial score (nSPS) is 17.1. The van der Waals surface area contributed by atoms with Crippen molar-refractivity contribution in [3.8, 4) is 5.75 Å². The molecule has 3 rings (SSSR count). The van der Waals surface area contributed by atoms with Gasteiger partial charge < -0.3 is 10.4 Å². The fourth-order valence-electron chi connectivity index (χ4n) is 2.61. The number of rotatable bonds is 2. The first-order valence-electron chi connectivity index (χ1n) is 6.28. The summed E-state index contributed by atoms with van der Waals surface area (Å²) in [6.45, 7) is 0. The summed E-state index contributed by atoms with van der Waals surface area (Å²) in [6.07, 6.45) is 1.46. The maximum Gasteiger partial charge on any atom is 0.147 e. The molecule has 0 radical (unpaired) electrons. The molecule has 0 bridgehead atoms. The number of anilines is 1. The Hall–Kier alpha value is -1.62. The summed E-state index contributed by atoms with van der Waals surface area (Å²) in [5.74, 6) is -0.760. The first-order chi connectivity index (χ1) is 9.56. The Morgan fingerprint density at radius 2 is 2.00 bits per heavy atom. The van der Waals surface area contributed by atoms with Gasteiger partial charge in [0, 0.05) is 6.07 Å². The van der Waals surface area contributed by atoms with Crippen molar-refractivity contribution in [1.82, 2.24) is 0 Å². The Morgan fingerprint density at radius 1 is 1.20 bits per heavy atom. The van der Waals surface area contributed by atoms with Crippen LogP contribution in [-0.2, 0) is 6.42 Å². The quantitative estimate of drug-likeness (QED) is 0.787. The molecule has 0 heterocycles. The summed E-state index contributed by atoms with van der Waals surface area (Å²) >= 11 is 2.95. The molecule has 1 unspecified atom stereocenters. The van der Waals surface area contributed by atoms with Gasteiger partial charge in [-0.3, -0.25) is 0 Å². The Kier molecular flexibility index (Phi) is 3.38. The van der Waals surface area contributed by atoms with Crippen molar-refractivity contribution in [1.29, 1.82) is 0 Å². The zero-order valence-corrected chi connectivity index (χ0v) is 12.0. The number of fused-ring (bicyclic) bond motifs is 1. The lowest BCUT2D eigenvalue weighted by Gasteiger charge is -2.16. The first kappa shape index (κ1) is 13.4. The highest BCUT2D eigenvalue weighted by Gasteiger charge is 2.25. The number of aromatic hydroxyl groups is 1. The fourth-order valence-corrected chi connectivity index (χ4v) is 2.92. The van der Waals surface area contributed by atoms with Crippen molar-refractivity contribution in [2.24, 2.45) is 0 Å². The van der Waals surface area contributed by atoms with Crippen LogP contribution in [-0.4, -0.2) is 5.11 Å². The molecule has 0 fully saturated rings. The average Bonchev–Trinajstić information content (AvgIpc) is 2.81. The second-order valence-corrected chi connectivity index (χ2v) is 5.68. The van der Waals surface area contributed by atoms with Crippen LogP contribution < -0.4 is 5.32 Å². The Morgan fingerprint density at radius 3 is 2.80 bits per heavy atom. The van der Waals surface area contributed by atoms with Gasteiger partial charge in [0.25, 0.3) is 0 Å². The van der Waals surface area contributed by atoms with Crippen LogP contribution in [0.3, 0.4) is 0 Å². The average molecular weight is 340 g/mol. The van der Waals surface area contributed by atoms with E-state index in [1.807, 2.05) is 6.07 Å². The highest BCUT2D eigenvalue weighted by molar-refractivity contribution is 9.10. The van der Waals surface area contributed by atoms with E-state index in [-0.39, 0.29) is 22.0 Å². The lowest BCUT2D eigenvalue weighted by atomic mass is 10.1. The Labute approximate surface area is 123 Å². The molecule has 0 spiro atoms. The van der Waals surface area contributed by atoms with Crippen molar-refractivity contribution in [3.63, 3.8) is 0 Å². The molecule has 2 aromatic rings. The van der Waals surface area contributed by atoms with Crippen molar-refractivity contribution in [3.05, 3.63) is 57.6 Å². The van der Waals surface area contributed by atoms with E-state index in [9.17, 15) is 13.9 Å². The van der Waals surface area contributed by atoms with Gasteiger partial charge in [-0.25, -0.2) is 8.78 Å². The molecule has 2 N–H and O–H groups in total. The Balaban J connectivity index is 1.91. The zero-order chi connectivity index (χ0) is 14.3. The van der Waals surface area contributed by atoms with Crippen LogP contribution in [0.25, 0.3) is 0 Å². The van der Waals surface area contributed by atoms with Crippen LogP contribution >= 0.6 is 15.9 Å². The van der Waals surface area contributed by atoms with E-state index in [2.05, 4.69) is 21.2 Å². The van der Waals surface area contributed by atoms with E-state index in [0.717, 1.165) is 36.1 Å². The van der Waals surface area contributed by atoms with E-state index in [1.54, 1.807) is 12.1 Å². The van der Waals surface area contributed by atoms with Gasteiger partial charge in [-0.15, -0.1) is 0 Å². The van der Waals surface area contributed by atoms with Crippen molar-refractivity contribution < 1.29 is 13.9 Å². The molecule has 0 saturated heterocycles. The van der Waals surface area contributed by atoms with Gasteiger partial charge in [-0.2, -0.15) is 0 Å². The Bertz CT molecular complexity index is 675. The van der Waals surface area contributed by atoms with Gasteiger partial charge >= 0.3 is 0 Å². The maximum atomic E-state index is 13.8. The van der Waals surface area contributed by atoms with Gasteiger partial charge in [0.15, 0.2) is 0 Å². The molecule has 1 aliphatic rings. The van der Waals surface area contributed by atoms with Gasteiger partial charge in [0.1, 0.15) is 17.4 Å². The smallest absolute Gasteiger partial charge is 0.147 e. The number of phenolic OH excluding ortho intramolecular Hbond substituents is 1. The molecule has 20 heavy (non-hydrogen) atoms. The minimum atomic E-state index is -0.511. The molecular formula is C15H12BrF2NO. The lowest BCUT2D eigenvalue weighted by Crippen LogP contribution is -2.09. The van der Waals surface area contributed by atoms with Crippen LogP contribution in [0.2, 0.25) is 0 Å². The summed E-state index contributed by atoms with van der Waals surface area (Å²) in [5, 5.41) is 12.8. The van der Waals surface area contributed by atoms with E-state index in [4.69, 9.17) is 0 Å². The molecule has 1 atom stereocenters. The van der Waals surface area contributed by atoms with Crippen LogP contribution in [0.1, 0.15) is 23.6 Å². The molecule has 2 aromatic carbocycles. The van der Waals surface area contributed by atoms with Crippen LogP contribution in [0, 0.1) is 11.6 Å². The third kappa shape index (κ3) is 2.26. The highest BCUT2D eigenvalue weighted by Crippen LogP contribution is 2.38. The minimum Gasteiger partial charge on any atom is -0.508 e. The number of phenols is 1. The molecule has 104 valence electrons. The van der Waals surface area contributed by atoms with E-state index in [1.165, 1.54) is 0 Å². The predicted octanol–water partition coefficient (Wildman–Crippen LogP) is 4.53. The molecule has 5 heteroatoms. The van der Waals surface area contributed by atoms with Crippen molar-refractivity contribution in [2.45, 2.75) is 18.9 Å². The number of hydrogen-bond donors (Lipinski definition) is 2. The van der Waals surface area contributed by atoms with E-state index in [0.29, 0.717) is 0 Å². The molecule has 0 saturated carbocycles. The summed E-state index contributed by atoms with van der Waals surface area (Å²) in [4.78, 5) is 0. The summed E-state index contributed by atoms with van der Waals surface area (Å²) in [5.41, 5.74) is 1.95. The summed E-state index contributed by atoms with van der Waals surface area (Å²) in [6, 6.07) is 7.42. The maximum absolute atomic E-state index is 13.8. The van der Waals surface area contributed by atoms with E-state index >= 15 is 0 Å². The molecule has 1 aliphatic carbocycles. The predicted molar refractivity (Wildman–Crippen MR) is 76.8 cm³/mol. The van der Waals surface area contributed by atoms with Gasteiger partial charge in [-0.1, -0.05) is 12.1 Å². The molecule has 0 aromatic heterocycles. The number of hydrogen-bond acceptors (Lipinski definition) is 2. The standard InChI is InChI=1S/C15H12BrF2NO/c16-10-6-12(18)14(7-11(10)17)19-13-5-4-9-8(13)2-1-3-15(9)20/h1-3,6-7,13,19-20H,4-5H2. The SMILES string of the molecule is Oc1cccc2c1CCC2Nc1cc(F)c(Br)cc1F. The first-order valence-corrected chi connectivity index (χ1v) is 7.07. The van der Waals surface area contributed by atoms with Gasteiger partial charge in [0.05, 0.1) is 16.2 Å². The van der Waals surface area contributed by atoms with Crippen LogP contribution in [0.4, 0.5) is 14.5 Å². The fraction of sp³-hybridized carbons (Fsp3) is 0.200. The molecule has 0 amide bonds. The second-order valence-electron chi connectivity index (χ2n) is 4.83. The largest absolute Gasteiger partial charge is 0.508 e. The van der Waals surface area contributed by atoms with Crippen LogP contribution in [0.5, 0.6) is 5.75 Å². The number of benzene rings is 2. The van der Waals surface area contributed by atoms with Crippen molar-refractivity contribution in [2.75, 3.05) is 5.32 Å². The third-order valence-corrected chi connectivity index (χ3v) is 4.19. The van der Waals surface area contributed by atoms with E-state index < -0.39 is 11.6 Å². The van der Waals surface area contributed by atoms with Gasteiger partial charge in [0.2, 0.25) is 0 Å². The minimum absolute atomic E-state index is 0.102. The lowest BCUT2D eigenvalue weighted by molar-refractivity contribution is 0.469. The monoisotopic (exact) mass is 339 g/mol. The topological polar surface area (TPSA) is 32.3 Å².